The second-order valence-electron chi connectivity index (χ2n) is 5.55. The Labute approximate surface area is 119 Å². The Bertz CT molecular complexity index is 553. The van der Waals surface area contributed by atoms with E-state index in [4.69, 9.17) is 4.42 Å². The number of rotatable bonds is 3. The first-order valence-electron chi connectivity index (χ1n) is 7.18. The van der Waals surface area contributed by atoms with Crippen LogP contribution in [0, 0.1) is 6.92 Å². The van der Waals surface area contributed by atoms with Gasteiger partial charge >= 0.3 is 0 Å². The van der Waals surface area contributed by atoms with E-state index in [0.29, 0.717) is 11.9 Å². The monoisotopic (exact) mass is 271 g/mol. The van der Waals surface area contributed by atoms with Crippen LogP contribution >= 0.6 is 0 Å². The quantitative estimate of drug-likeness (QED) is 0.931. The SMILES string of the molecule is Cc1nc(-c2ccc(NC3CCN(C)CC3)cc2)co1. The van der Waals surface area contributed by atoms with Gasteiger partial charge in [-0.05, 0) is 45.1 Å². The first-order chi connectivity index (χ1) is 9.70. The van der Waals surface area contributed by atoms with E-state index in [-0.39, 0.29) is 0 Å². The van der Waals surface area contributed by atoms with E-state index < -0.39 is 0 Å². The third-order valence-electron chi connectivity index (χ3n) is 3.89. The van der Waals surface area contributed by atoms with Crippen LogP contribution < -0.4 is 5.32 Å². The van der Waals surface area contributed by atoms with Gasteiger partial charge in [0.1, 0.15) is 12.0 Å². The predicted molar refractivity (Wildman–Crippen MR) is 80.8 cm³/mol. The van der Waals surface area contributed by atoms with Gasteiger partial charge in [0.25, 0.3) is 0 Å². The highest BCUT2D eigenvalue weighted by molar-refractivity contribution is 5.62. The van der Waals surface area contributed by atoms with Gasteiger partial charge in [0.2, 0.25) is 0 Å². The molecule has 1 fully saturated rings. The van der Waals surface area contributed by atoms with Gasteiger partial charge in [-0.1, -0.05) is 12.1 Å². The number of aromatic nitrogens is 1. The van der Waals surface area contributed by atoms with Crippen LogP contribution in [0.5, 0.6) is 0 Å². The van der Waals surface area contributed by atoms with Gasteiger partial charge in [-0.2, -0.15) is 0 Å². The lowest BCUT2D eigenvalue weighted by molar-refractivity contribution is 0.264. The van der Waals surface area contributed by atoms with Crippen molar-refractivity contribution in [2.75, 3.05) is 25.5 Å². The summed E-state index contributed by atoms with van der Waals surface area (Å²) < 4.78 is 5.25. The van der Waals surface area contributed by atoms with Crippen molar-refractivity contribution in [2.45, 2.75) is 25.8 Å². The molecule has 1 aliphatic heterocycles. The zero-order valence-corrected chi connectivity index (χ0v) is 12.1. The summed E-state index contributed by atoms with van der Waals surface area (Å²) in [5.74, 6) is 0.702. The number of aryl methyl sites for hydroxylation is 1. The van der Waals surface area contributed by atoms with Gasteiger partial charge in [-0.3, -0.25) is 0 Å². The lowest BCUT2D eigenvalue weighted by Gasteiger charge is -2.30. The van der Waals surface area contributed by atoms with Crippen LogP contribution in [-0.2, 0) is 0 Å². The number of nitrogens with zero attached hydrogens (tertiary/aromatic N) is 2. The highest BCUT2D eigenvalue weighted by Crippen LogP contribution is 2.22. The van der Waals surface area contributed by atoms with Crippen molar-refractivity contribution in [1.82, 2.24) is 9.88 Å². The van der Waals surface area contributed by atoms with Crippen LogP contribution in [0.15, 0.2) is 34.9 Å². The zero-order chi connectivity index (χ0) is 13.9. The summed E-state index contributed by atoms with van der Waals surface area (Å²) in [4.78, 5) is 6.73. The van der Waals surface area contributed by atoms with Gasteiger partial charge in [-0.15, -0.1) is 0 Å². The fourth-order valence-electron chi connectivity index (χ4n) is 2.62. The predicted octanol–water partition coefficient (Wildman–Crippen LogP) is 3.16. The van der Waals surface area contributed by atoms with Gasteiger partial charge < -0.3 is 14.6 Å². The van der Waals surface area contributed by atoms with Crippen molar-refractivity contribution in [3.05, 3.63) is 36.4 Å². The molecule has 106 valence electrons. The molecule has 0 saturated carbocycles. The highest BCUT2D eigenvalue weighted by Gasteiger charge is 2.16. The Morgan fingerprint density at radius 3 is 2.50 bits per heavy atom. The molecule has 0 spiro atoms. The maximum absolute atomic E-state index is 5.25. The number of piperidine rings is 1. The van der Waals surface area contributed by atoms with E-state index in [1.807, 2.05) is 6.92 Å². The molecule has 20 heavy (non-hydrogen) atoms. The van der Waals surface area contributed by atoms with E-state index in [2.05, 4.69) is 46.5 Å². The molecule has 0 bridgehead atoms. The molecule has 2 heterocycles. The van der Waals surface area contributed by atoms with Gasteiger partial charge in [0.05, 0.1) is 0 Å². The smallest absolute Gasteiger partial charge is 0.191 e. The molecular formula is C16H21N3O. The molecule has 0 unspecified atom stereocenters. The molecule has 4 nitrogen and oxygen atoms in total. The fraction of sp³-hybridized carbons (Fsp3) is 0.438. The number of benzene rings is 1. The van der Waals surface area contributed by atoms with Crippen molar-refractivity contribution < 1.29 is 4.42 Å². The average molecular weight is 271 g/mol. The van der Waals surface area contributed by atoms with Crippen molar-refractivity contribution >= 4 is 5.69 Å². The van der Waals surface area contributed by atoms with Crippen LogP contribution in [0.3, 0.4) is 0 Å². The molecule has 1 saturated heterocycles. The summed E-state index contributed by atoms with van der Waals surface area (Å²) in [7, 11) is 2.19. The number of hydrogen-bond acceptors (Lipinski definition) is 4. The van der Waals surface area contributed by atoms with Crippen LogP contribution in [0.2, 0.25) is 0 Å². The lowest BCUT2D eigenvalue weighted by Crippen LogP contribution is -2.36. The van der Waals surface area contributed by atoms with E-state index in [9.17, 15) is 0 Å². The summed E-state index contributed by atoms with van der Waals surface area (Å²) in [6, 6.07) is 9.02. The molecule has 1 aromatic carbocycles. The standard InChI is InChI=1S/C16H21N3O/c1-12-17-16(11-20-12)13-3-5-14(6-4-13)18-15-7-9-19(2)10-8-15/h3-6,11,15,18H,7-10H2,1-2H3. The molecule has 0 amide bonds. The van der Waals surface area contributed by atoms with Crippen molar-refractivity contribution in [3.8, 4) is 11.3 Å². The van der Waals surface area contributed by atoms with E-state index in [1.165, 1.54) is 31.6 Å². The number of likely N-dealkylation sites (tertiary alicyclic amines) is 1. The Kier molecular flexibility index (Phi) is 3.74. The van der Waals surface area contributed by atoms with Crippen molar-refractivity contribution in [3.63, 3.8) is 0 Å². The summed E-state index contributed by atoms with van der Waals surface area (Å²) in [6.45, 7) is 4.21. The third-order valence-corrected chi connectivity index (χ3v) is 3.89. The maximum atomic E-state index is 5.25. The minimum absolute atomic E-state index is 0.589. The molecule has 0 aliphatic carbocycles. The van der Waals surface area contributed by atoms with E-state index >= 15 is 0 Å². The second kappa shape index (κ2) is 5.67. The number of nitrogens with one attached hydrogen (secondary N) is 1. The molecule has 2 aromatic rings. The topological polar surface area (TPSA) is 41.3 Å². The Morgan fingerprint density at radius 2 is 1.90 bits per heavy atom. The third kappa shape index (κ3) is 3.02. The molecule has 3 rings (SSSR count). The minimum atomic E-state index is 0.589. The molecular weight excluding hydrogens is 250 g/mol. The summed E-state index contributed by atoms with van der Waals surface area (Å²) in [5.41, 5.74) is 3.17. The van der Waals surface area contributed by atoms with Crippen molar-refractivity contribution in [1.29, 1.82) is 0 Å². The summed E-state index contributed by atoms with van der Waals surface area (Å²) >= 11 is 0. The van der Waals surface area contributed by atoms with Gasteiger partial charge in [0, 0.05) is 24.2 Å². The number of oxazole rings is 1. The number of hydrogen-bond donors (Lipinski definition) is 1. The first-order valence-corrected chi connectivity index (χ1v) is 7.18. The fourth-order valence-corrected chi connectivity index (χ4v) is 2.62. The minimum Gasteiger partial charge on any atom is -0.449 e. The normalized spacial score (nSPS) is 17.3. The molecule has 1 aromatic heterocycles. The van der Waals surface area contributed by atoms with Crippen molar-refractivity contribution in [2.24, 2.45) is 0 Å². The van der Waals surface area contributed by atoms with Crippen LogP contribution in [0.25, 0.3) is 11.3 Å². The molecule has 0 atom stereocenters. The van der Waals surface area contributed by atoms with Crippen LogP contribution in [0.1, 0.15) is 18.7 Å². The van der Waals surface area contributed by atoms with Crippen LogP contribution in [-0.4, -0.2) is 36.1 Å². The maximum Gasteiger partial charge on any atom is 0.191 e. The van der Waals surface area contributed by atoms with E-state index in [0.717, 1.165) is 11.3 Å². The van der Waals surface area contributed by atoms with E-state index in [1.54, 1.807) is 6.26 Å². The Balaban J connectivity index is 1.64. The lowest BCUT2D eigenvalue weighted by atomic mass is 10.0. The van der Waals surface area contributed by atoms with Gasteiger partial charge in [-0.25, -0.2) is 4.98 Å². The summed E-state index contributed by atoms with van der Waals surface area (Å²) in [5, 5.41) is 3.61. The van der Waals surface area contributed by atoms with Gasteiger partial charge in [0.15, 0.2) is 5.89 Å². The molecule has 4 heteroatoms. The Morgan fingerprint density at radius 1 is 1.20 bits per heavy atom. The Hall–Kier alpha value is -1.81. The highest BCUT2D eigenvalue weighted by atomic mass is 16.3. The first kappa shape index (κ1) is 13.2. The largest absolute Gasteiger partial charge is 0.449 e. The molecule has 1 N–H and O–H groups in total. The zero-order valence-electron chi connectivity index (χ0n) is 12.1. The number of anilines is 1. The second-order valence-corrected chi connectivity index (χ2v) is 5.55. The molecule has 1 aliphatic rings. The average Bonchev–Trinajstić information content (AvgIpc) is 2.89. The molecule has 0 radical (unpaired) electrons. The summed E-state index contributed by atoms with van der Waals surface area (Å²) in [6.07, 6.45) is 4.12. The van der Waals surface area contributed by atoms with Crippen LogP contribution in [0.4, 0.5) is 5.69 Å².